The molecule has 1 aromatic carbocycles. The van der Waals surface area contributed by atoms with Gasteiger partial charge >= 0.3 is 0 Å². The van der Waals surface area contributed by atoms with Gasteiger partial charge in [-0.25, -0.2) is 9.97 Å². The lowest BCUT2D eigenvalue weighted by atomic mass is 10.1. The fourth-order valence-electron chi connectivity index (χ4n) is 1.59. The molecule has 0 N–H and O–H groups in total. The van der Waals surface area contributed by atoms with Gasteiger partial charge in [0.1, 0.15) is 11.0 Å². The van der Waals surface area contributed by atoms with Gasteiger partial charge in [-0.05, 0) is 12.2 Å². The number of hydrogen-bond donors (Lipinski definition) is 0. The Bertz CT molecular complexity index is 502. The third-order valence-electron chi connectivity index (χ3n) is 2.39. The predicted octanol–water partition coefficient (Wildman–Crippen LogP) is 4.44. The van der Waals surface area contributed by atoms with Crippen LogP contribution in [0.1, 0.15) is 19.2 Å². The van der Waals surface area contributed by atoms with Gasteiger partial charge in [0.15, 0.2) is 0 Å². The normalized spacial score (nSPS) is 10.6. The number of aromatic nitrogens is 2. The van der Waals surface area contributed by atoms with E-state index in [9.17, 15) is 0 Å². The molecule has 0 fully saturated rings. The van der Waals surface area contributed by atoms with E-state index in [1.54, 1.807) is 0 Å². The first kappa shape index (κ1) is 13.4. The standard InChI is InChI=1S/C14H15ClN2S/c1-2-8-18-10-14-16-12(9-13(15)17-14)11-6-4-3-5-7-11/h3-7,9H,2,8,10H2,1H3. The molecule has 0 unspecified atom stereocenters. The minimum atomic E-state index is 0.510. The third kappa shape index (κ3) is 3.72. The maximum absolute atomic E-state index is 6.05. The maximum Gasteiger partial charge on any atom is 0.140 e. The highest BCUT2D eigenvalue weighted by Gasteiger charge is 2.05. The van der Waals surface area contributed by atoms with Crippen molar-refractivity contribution in [1.29, 1.82) is 0 Å². The summed E-state index contributed by atoms with van der Waals surface area (Å²) in [7, 11) is 0. The van der Waals surface area contributed by atoms with Crippen molar-refractivity contribution < 1.29 is 0 Å². The van der Waals surface area contributed by atoms with E-state index in [0.29, 0.717) is 5.15 Å². The Kier molecular flexibility index (Phi) is 5.02. The molecule has 0 radical (unpaired) electrons. The van der Waals surface area contributed by atoms with Gasteiger partial charge in [-0.2, -0.15) is 11.8 Å². The molecule has 1 heterocycles. The highest BCUT2D eigenvalue weighted by molar-refractivity contribution is 7.98. The van der Waals surface area contributed by atoms with E-state index < -0.39 is 0 Å². The number of nitrogens with zero attached hydrogens (tertiary/aromatic N) is 2. The van der Waals surface area contributed by atoms with Crippen LogP contribution < -0.4 is 0 Å². The second kappa shape index (κ2) is 6.76. The molecule has 4 heteroatoms. The van der Waals surface area contributed by atoms with Crippen molar-refractivity contribution in [2.75, 3.05) is 5.75 Å². The SMILES string of the molecule is CCCSCc1nc(Cl)cc(-c2ccccc2)n1. The third-order valence-corrected chi connectivity index (χ3v) is 3.74. The zero-order valence-electron chi connectivity index (χ0n) is 10.3. The molecule has 0 amide bonds. The van der Waals surface area contributed by atoms with Crippen LogP contribution in [0.5, 0.6) is 0 Å². The molecule has 2 nitrogen and oxygen atoms in total. The molecule has 0 atom stereocenters. The van der Waals surface area contributed by atoms with Gasteiger partial charge in [0.25, 0.3) is 0 Å². The molecule has 94 valence electrons. The summed E-state index contributed by atoms with van der Waals surface area (Å²) in [5.74, 6) is 2.74. The van der Waals surface area contributed by atoms with Gasteiger partial charge in [-0.15, -0.1) is 0 Å². The Morgan fingerprint density at radius 3 is 2.67 bits per heavy atom. The number of benzene rings is 1. The van der Waals surface area contributed by atoms with Crippen LogP contribution in [0.3, 0.4) is 0 Å². The summed E-state index contributed by atoms with van der Waals surface area (Å²) in [6, 6.07) is 11.9. The maximum atomic E-state index is 6.05. The van der Waals surface area contributed by atoms with Gasteiger partial charge in [0, 0.05) is 11.6 Å². The van der Waals surface area contributed by atoms with Crippen LogP contribution in [0.25, 0.3) is 11.3 Å². The molecule has 0 spiro atoms. The minimum absolute atomic E-state index is 0.510. The Hall–Kier alpha value is -1.06. The molecule has 0 bridgehead atoms. The molecule has 0 aliphatic rings. The largest absolute Gasteiger partial charge is 0.232 e. The summed E-state index contributed by atoms with van der Waals surface area (Å²) in [4.78, 5) is 8.82. The number of thioether (sulfide) groups is 1. The summed E-state index contributed by atoms with van der Waals surface area (Å²) in [6.07, 6.45) is 1.16. The zero-order chi connectivity index (χ0) is 12.8. The second-order valence-corrected chi connectivity index (χ2v) is 5.40. The molecule has 2 rings (SSSR count). The summed E-state index contributed by atoms with van der Waals surface area (Å²) in [5.41, 5.74) is 1.96. The average molecular weight is 279 g/mol. The fraction of sp³-hybridized carbons (Fsp3) is 0.286. The average Bonchev–Trinajstić information content (AvgIpc) is 2.39. The Labute approximate surface area is 117 Å². The highest BCUT2D eigenvalue weighted by atomic mass is 35.5. The first-order valence-corrected chi connectivity index (χ1v) is 7.49. The van der Waals surface area contributed by atoms with Gasteiger partial charge in [-0.3, -0.25) is 0 Å². The Balaban J connectivity index is 2.21. The van der Waals surface area contributed by atoms with E-state index in [0.717, 1.165) is 35.0 Å². The first-order valence-electron chi connectivity index (χ1n) is 5.96. The molecule has 18 heavy (non-hydrogen) atoms. The number of hydrogen-bond acceptors (Lipinski definition) is 3. The van der Waals surface area contributed by atoms with E-state index >= 15 is 0 Å². The van der Waals surface area contributed by atoms with Crippen LogP contribution >= 0.6 is 23.4 Å². The Morgan fingerprint density at radius 2 is 1.94 bits per heavy atom. The molecule has 2 aromatic rings. The van der Waals surface area contributed by atoms with Crippen molar-refractivity contribution in [3.8, 4) is 11.3 Å². The molecular formula is C14H15ClN2S. The monoisotopic (exact) mass is 278 g/mol. The van der Waals surface area contributed by atoms with Gasteiger partial charge in [0.05, 0.1) is 11.4 Å². The van der Waals surface area contributed by atoms with Crippen molar-refractivity contribution in [2.45, 2.75) is 19.1 Å². The molecule has 0 aliphatic heterocycles. The van der Waals surface area contributed by atoms with Crippen LogP contribution in [0.4, 0.5) is 0 Å². The van der Waals surface area contributed by atoms with E-state index in [1.807, 2.05) is 48.2 Å². The summed E-state index contributed by atoms with van der Waals surface area (Å²) < 4.78 is 0. The lowest BCUT2D eigenvalue weighted by Crippen LogP contribution is -1.96. The van der Waals surface area contributed by atoms with Crippen LogP contribution in [0.2, 0.25) is 5.15 Å². The van der Waals surface area contributed by atoms with Crippen LogP contribution in [0.15, 0.2) is 36.4 Å². The van der Waals surface area contributed by atoms with Gasteiger partial charge in [-0.1, -0.05) is 48.9 Å². The molecule has 0 saturated heterocycles. The Morgan fingerprint density at radius 1 is 1.17 bits per heavy atom. The smallest absolute Gasteiger partial charge is 0.140 e. The van der Waals surface area contributed by atoms with Crippen molar-refractivity contribution >= 4 is 23.4 Å². The second-order valence-electron chi connectivity index (χ2n) is 3.91. The van der Waals surface area contributed by atoms with Crippen molar-refractivity contribution in [1.82, 2.24) is 9.97 Å². The summed E-state index contributed by atoms with van der Waals surface area (Å²) >= 11 is 7.89. The molecule has 0 aliphatic carbocycles. The molecule has 1 aromatic heterocycles. The van der Waals surface area contributed by atoms with E-state index in [1.165, 1.54) is 0 Å². The highest BCUT2D eigenvalue weighted by Crippen LogP contribution is 2.21. The van der Waals surface area contributed by atoms with E-state index in [-0.39, 0.29) is 0 Å². The first-order chi connectivity index (χ1) is 8.79. The van der Waals surface area contributed by atoms with E-state index in [4.69, 9.17) is 11.6 Å². The summed E-state index contributed by atoms with van der Waals surface area (Å²) in [6.45, 7) is 2.17. The van der Waals surface area contributed by atoms with Crippen molar-refractivity contribution in [2.24, 2.45) is 0 Å². The predicted molar refractivity (Wildman–Crippen MR) is 78.9 cm³/mol. The zero-order valence-corrected chi connectivity index (χ0v) is 11.8. The minimum Gasteiger partial charge on any atom is -0.232 e. The van der Waals surface area contributed by atoms with Gasteiger partial charge < -0.3 is 0 Å². The topological polar surface area (TPSA) is 25.8 Å². The van der Waals surface area contributed by atoms with Crippen LogP contribution in [-0.4, -0.2) is 15.7 Å². The van der Waals surface area contributed by atoms with Crippen LogP contribution in [-0.2, 0) is 5.75 Å². The van der Waals surface area contributed by atoms with Crippen molar-refractivity contribution in [3.63, 3.8) is 0 Å². The quantitative estimate of drug-likeness (QED) is 0.597. The lowest BCUT2D eigenvalue weighted by Gasteiger charge is -2.05. The van der Waals surface area contributed by atoms with Gasteiger partial charge in [0.2, 0.25) is 0 Å². The molecular weight excluding hydrogens is 264 g/mol. The number of halogens is 1. The van der Waals surface area contributed by atoms with Crippen molar-refractivity contribution in [3.05, 3.63) is 47.4 Å². The van der Waals surface area contributed by atoms with E-state index in [2.05, 4.69) is 16.9 Å². The lowest BCUT2D eigenvalue weighted by molar-refractivity contribution is 1.03. The van der Waals surface area contributed by atoms with Crippen LogP contribution in [0, 0.1) is 0 Å². The molecule has 0 saturated carbocycles. The number of rotatable bonds is 5. The summed E-state index contributed by atoms with van der Waals surface area (Å²) in [5, 5.41) is 0.510. The fourth-order valence-corrected chi connectivity index (χ4v) is 2.54.